The van der Waals surface area contributed by atoms with Gasteiger partial charge in [-0.15, -0.1) is 5.10 Å². The number of para-hydroxylation sites is 1. The van der Waals surface area contributed by atoms with Gasteiger partial charge in [-0.2, -0.15) is 4.98 Å². The highest BCUT2D eigenvalue weighted by Crippen LogP contribution is 2.41. The van der Waals surface area contributed by atoms with Crippen LogP contribution >= 0.6 is 23.4 Å². The van der Waals surface area contributed by atoms with Crippen LogP contribution < -0.4 is 21.8 Å². The Morgan fingerprint density at radius 3 is 2.59 bits per heavy atom. The first-order chi connectivity index (χ1) is 17.9. The number of nitrogens with two attached hydrogens (primary N) is 1. The van der Waals surface area contributed by atoms with Crippen LogP contribution in [0.5, 0.6) is 0 Å². The highest BCUT2D eigenvalue weighted by atomic mass is 35.5. The molecule has 1 unspecified atom stereocenters. The minimum absolute atomic E-state index is 0.0992. The summed E-state index contributed by atoms with van der Waals surface area (Å²) in [6.07, 6.45) is 3.39. The van der Waals surface area contributed by atoms with E-state index in [1.807, 2.05) is 42.2 Å². The van der Waals surface area contributed by atoms with Crippen LogP contribution in [0, 0.1) is 5.92 Å². The molecular formula is C25H23ClN8O2S. The van der Waals surface area contributed by atoms with Crippen LogP contribution in [-0.4, -0.2) is 40.6 Å². The summed E-state index contributed by atoms with van der Waals surface area (Å²) in [5.41, 5.74) is 7.11. The monoisotopic (exact) mass is 534 g/mol. The Labute approximate surface area is 220 Å². The van der Waals surface area contributed by atoms with Crippen LogP contribution in [-0.2, 0) is 6.54 Å². The van der Waals surface area contributed by atoms with Gasteiger partial charge in [0.25, 0.3) is 11.1 Å². The van der Waals surface area contributed by atoms with E-state index in [1.54, 1.807) is 33.7 Å². The van der Waals surface area contributed by atoms with Gasteiger partial charge in [-0.25, -0.2) is 9.50 Å². The van der Waals surface area contributed by atoms with Crippen LogP contribution in [0.3, 0.4) is 0 Å². The van der Waals surface area contributed by atoms with E-state index < -0.39 is 0 Å². The topological polar surface area (TPSA) is 116 Å². The lowest BCUT2D eigenvalue weighted by atomic mass is 10.0. The Kier molecular flexibility index (Phi) is 5.68. The van der Waals surface area contributed by atoms with Crippen LogP contribution in [0.2, 0.25) is 5.02 Å². The summed E-state index contributed by atoms with van der Waals surface area (Å²) in [4.78, 5) is 37.7. The van der Waals surface area contributed by atoms with E-state index in [-0.39, 0.29) is 28.4 Å². The molecule has 1 saturated heterocycles. The van der Waals surface area contributed by atoms with Gasteiger partial charge in [-0.3, -0.25) is 14.2 Å². The number of pyridine rings is 1. The van der Waals surface area contributed by atoms with Gasteiger partial charge in [0.1, 0.15) is 16.7 Å². The normalized spacial score (nSPS) is 17.4. The van der Waals surface area contributed by atoms with Gasteiger partial charge in [0, 0.05) is 31.4 Å². The number of anilines is 2. The summed E-state index contributed by atoms with van der Waals surface area (Å²) in [5, 5.41) is 5.86. The van der Waals surface area contributed by atoms with Crippen molar-refractivity contribution in [3.8, 4) is 5.69 Å². The fourth-order valence-corrected chi connectivity index (χ4v) is 6.20. The number of halogens is 1. The number of aromatic nitrogens is 6. The molecule has 1 fully saturated rings. The molecule has 188 valence electrons. The molecule has 0 saturated carbocycles. The lowest BCUT2D eigenvalue weighted by molar-refractivity contribution is 0.408. The first-order valence-electron chi connectivity index (χ1n) is 11.8. The third-order valence-electron chi connectivity index (χ3n) is 6.56. The smallest absolute Gasteiger partial charge is 0.284 e. The predicted octanol–water partition coefficient (Wildman–Crippen LogP) is 3.42. The Hall–Kier alpha value is -3.83. The van der Waals surface area contributed by atoms with Gasteiger partial charge in [-0.05, 0) is 31.2 Å². The van der Waals surface area contributed by atoms with E-state index in [4.69, 9.17) is 22.4 Å². The second kappa shape index (κ2) is 8.93. The highest BCUT2D eigenvalue weighted by molar-refractivity contribution is 8.00. The molecule has 0 radical (unpaired) electrons. The molecule has 5 aromatic rings. The molecule has 0 spiro atoms. The molecular weight excluding hydrogens is 512 g/mol. The van der Waals surface area contributed by atoms with Gasteiger partial charge in [-0.1, -0.05) is 48.5 Å². The fourth-order valence-electron chi connectivity index (χ4n) is 4.70. The minimum Gasteiger partial charge on any atom is -0.368 e. The van der Waals surface area contributed by atoms with Crippen molar-refractivity contribution in [1.82, 2.24) is 28.7 Å². The SMILES string of the molecule is CCn1ccc2nc(N)nc(N3C[C@H](C)C3Sc3nn4ccc(Cl)c4c(=O)n3-c3ccccc3)c2c1=O. The van der Waals surface area contributed by atoms with Crippen LogP contribution in [0.1, 0.15) is 13.8 Å². The van der Waals surface area contributed by atoms with Crippen molar-refractivity contribution >= 4 is 51.5 Å². The molecule has 10 nitrogen and oxygen atoms in total. The minimum atomic E-state index is -0.264. The van der Waals surface area contributed by atoms with Crippen molar-refractivity contribution in [2.24, 2.45) is 5.92 Å². The average Bonchev–Trinajstić information content (AvgIpc) is 3.26. The number of nitrogen functional groups attached to an aromatic ring is 1. The summed E-state index contributed by atoms with van der Waals surface area (Å²) in [6.45, 7) is 5.21. The van der Waals surface area contributed by atoms with Crippen molar-refractivity contribution in [2.45, 2.75) is 30.9 Å². The molecule has 0 aliphatic carbocycles. The maximum Gasteiger partial charge on any atom is 0.284 e. The quantitative estimate of drug-likeness (QED) is 0.364. The highest BCUT2D eigenvalue weighted by Gasteiger charge is 2.40. The van der Waals surface area contributed by atoms with E-state index in [0.29, 0.717) is 51.2 Å². The summed E-state index contributed by atoms with van der Waals surface area (Å²) in [6, 6.07) is 12.8. The third kappa shape index (κ3) is 3.77. The second-order valence-electron chi connectivity index (χ2n) is 8.93. The van der Waals surface area contributed by atoms with E-state index in [2.05, 4.69) is 16.9 Å². The van der Waals surface area contributed by atoms with Crippen LogP contribution in [0.4, 0.5) is 11.8 Å². The molecule has 1 aliphatic rings. The number of hydrogen-bond donors (Lipinski definition) is 1. The zero-order valence-corrected chi connectivity index (χ0v) is 21.6. The van der Waals surface area contributed by atoms with Crippen LogP contribution in [0.25, 0.3) is 22.1 Å². The van der Waals surface area contributed by atoms with Gasteiger partial charge in [0.05, 0.1) is 21.6 Å². The fraction of sp³-hybridized carbons (Fsp3) is 0.240. The number of thioether (sulfide) groups is 1. The van der Waals surface area contributed by atoms with E-state index >= 15 is 0 Å². The van der Waals surface area contributed by atoms with E-state index in [9.17, 15) is 9.59 Å². The standard InChI is InChI=1S/C25H23ClN8O2S/c1-3-31-11-10-17-18(21(31)35)20(29-24(27)28-17)32-13-14(2)23(32)37-25-30-33-12-9-16(26)19(33)22(36)34(25)15-7-5-4-6-8-15/h4-12,14,23H,3,13H2,1-2H3,(H2,27,28,29)/t14-,23?/m0/s1. The molecule has 37 heavy (non-hydrogen) atoms. The molecule has 1 aromatic carbocycles. The number of benzene rings is 1. The molecule has 5 heterocycles. The third-order valence-corrected chi connectivity index (χ3v) is 8.30. The maximum atomic E-state index is 13.6. The maximum absolute atomic E-state index is 13.6. The molecule has 0 amide bonds. The van der Waals surface area contributed by atoms with Gasteiger partial charge in [0.15, 0.2) is 5.16 Å². The van der Waals surface area contributed by atoms with Crippen molar-refractivity contribution < 1.29 is 0 Å². The Morgan fingerprint density at radius 2 is 1.86 bits per heavy atom. The summed E-state index contributed by atoms with van der Waals surface area (Å²) in [7, 11) is 0. The van der Waals surface area contributed by atoms with Crippen molar-refractivity contribution in [3.63, 3.8) is 0 Å². The molecule has 12 heteroatoms. The zero-order chi connectivity index (χ0) is 25.8. The van der Waals surface area contributed by atoms with Crippen molar-refractivity contribution in [2.75, 3.05) is 17.2 Å². The van der Waals surface area contributed by atoms with Gasteiger partial charge >= 0.3 is 0 Å². The lowest BCUT2D eigenvalue weighted by Crippen LogP contribution is -2.54. The molecule has 2 atom stereocenters. The van der Waals surface area contributed by atoms with E-state index in [0.717, 1.165) is 0 Å². The predicted molar refractivity (Wildman–Crippen MR) is 146 cm³/mol. The number of rotatable bonds is 5. The lowest BCUT2D eigenvalue weighted by Gasteiger charge is -2.46. The zero-order valence-electron chi connectivity index (χ0n) is 20.1. The van der Waals surface area contributed by atoms with Gasteiger partial charge in [0.2, 0.25) is 5.95 Å². The number of hydrogen-bond acceptors (Lipinski definition) is 8. The largest absolute Gasteiger partial charge is 0.368 e. The van der Waals surface area contributed by atoms with Gasteiger partial charge < -0.3 is 15.2 Å². The molecule has 0 bridgehead atoms. The molecule has 6 rings (SSSR count). The molecule has 1 aliphatic heterocycles. The summed E-state index contributed by atoms with van der Waals surface area (Å²) >= 11 is 7.76. The number of aryl methyl sites for hydroxylation is 1. The summed E-state index contributed by atoms with van der Waals surface area (Å²) in [5.74, 6) is 0.810. The first kappa shape index (κ1) is 23.6. The first-order valence-corrected chi connectivity index (χ1v) is 13.1. The number of nitrogens with zero attached hydrogens (tertiary/aromatic N) is 7. The van der Waals surface area contributed by atoms with E-state index in [1.165, 1.54) is 16.3 Å². The Balaban J connectivity index is 1.49. The van der Waals surface area contributed by atoms with Crippen molar-refractivity contribution in [3.05, 3.63) is 80.6 Å². The summed E-state index contributed by atoms with van der Waals surface area (Å²) < 4.78 is 4.71. The Morgan fingerprint density at radius 1 is 1.08 bits per heavy atom. The molecule has 2 N–H and O–H groups in total. The van der Waals surface area contributed by atoms with Crippen molar-refractivity contribution in [1.29, 1.82) is 0 Å². The van der Waals surface area contributed by atoms with Crippen LogP contribution in [0.15, 0.2) is 69.6 Å². The molecule has 4 aromatic heterocycles. The Bertz CT molecular complexity index is 1780. The number of fused-ring (bicyclic) bond motifs is 2. The average molecular weight is 535 g/mol. The second-order valence-corrected chi connectivity index (χ2v) is 10.4.